The van der Waals surface area contributed by atoms with Crippen LogP contribution in [0.15, 0.2) is 36.4 Å². The van der Waals surface area contributed by atoms with Gasteiger partial charge in [0.15, 0.2) is 0 Å². The topological polar surface area (TPSA) is 38.3 Å². The van der Waals surface area contributed by atoms with Gasteiger partial charge >= 0.3 is 0 Å². The van der Waals surface area contributed by atoms with Gasteiger partial charge in [0.2, 0.25) is 0 Å². The number of carbonyl (C=O) groups excluding carboxylic acids is 1. The van der Waals surface area contributed by atoms with Gasteiger partial charge in [0.25, 0.3) is 5.91 Å². The van der Waals surface area contributed by atoms with Crippen molar-refractivity contribution in [2.75, 3.05) is 6.61 Å². The average molecular weight is 352 g/mol. The smallest absolute Gasteiger partial charge is 0.253 e. The third-order valence-electron chi connectivity index (χ3n) is 3.25. The molecule has 1 amide bonds. The Hall–Kier alpha value is -1.71. The number of aryl methyl sites for hydroxylation is 2. The Bertz CT molecular complexity index is 696. The molecule has 0 bridgehead atoms. The lowest BCUT2D eigenvalue weighted by atomic mass is 10.1. The van der Waals surface area contributed by atoms with Gasteiger partial charge in [-0.3, -0.25) is 4.79 Å². The van der Waals surface area contributed by atoms with Gasteiger partial charge in [0.1, 0.15) is 12.4 Å². The van der Waals surface area contributed by atoms with Crippen LogP contribution in [0.1, 0.15) is 28.4 Å². The summed E-state index contributed by atoms with van der Waals surface area (Å²) in [6.07, 6.45) is 0. The van der Waals surface area contributed by atoms with Crippen LogP contribution in [0, 0.1) is 13.8 Å². The molecule has 0 aliphatic carbocycles. The van der Waals surface area contributed by atoms with E-state index in [0.29, 0.717) is 22.2 Å². The Morgan fingerprint density at radius 2 is 1.78 bits per heavy atom. The molecule has 0 aliphatic rings. The van der Waals surface area contributed by atoms with E-state index in [9.17, 15) is 4.79 Å². The Labute approximate surface area is 146 Å². The summed E-state index contributed by atoms with van der Waals surface area (Å²) >= 11 is 11.9. The molecule has 3 nitrogen and oxygen atoms in total. The van der Waals surface area contributed by atoms with E-state index >= 15 is 0 Å². The van der Waals surface area contributed by atoms with Crippen LogP contribution in [0.3, 0.4) is 0 Å². The predicted molar refractivity (Wildman–Crippen MR) is 94.8 cm³/mol. The van der Waals surface area contributed by atoms with Gasteiger partial charge in [-0.1, -0.05) is 29.3 Å². The number of rotatable bonds is 5. The van der Waals surface area contributed by atoms with Gasteiger partial charge in [0.05, 0.1) is 16.6 Å². The first-order chi connectivity index (χ1) is 10.8. The van der Waals surface area contributed by atoms with Crippen molar-refractivity contribution in [2.24, 2.45) is 0 Å². The summed E-state index contributed by atoms with van der Waals surface area (Å²) in [6.45, 7) is 6.30. The van der Waals surface area contributed by atoms with Crippen molar-refractivity contribution in [1.29, 1.82) is 0 Å². The molecule has 1 N–H and O–H groups in total. The first-order valence-electron chi connectivity index (χ1n) is 7.32. The zero-order chi connectivity index (χ0) is 17.0. The molecular weight excluding hydrogens is 333 g/mol. The van der Waals surface area contributed by atoms with Crippen LogP contribution in [-0.2, 0) is 0 Å². The van der Waals surface area contributed by atoms with E-state index in [4.69, 9.17) is 27.9 Å². The molecule has 1 atom stereocenters. The number of benzene rings is 2. The number of amides is 1. The number of nitrogens with one attached hydrogen (secondary N) is 1. The second-order valence-electron chi connectivity index (χ2n) is 5.63. The van der Waals surface area contributed by atoms with Crippen molar-refractivity contribution in [2.45, 2.75) is 26.8 Å². The third kappa shape index (κ3) is 5.15. The van der Waals surface area contributed by atoms with E-state index in [1.165, 1.54) is 0 Å². The van der Waals surface area contributed by atoms with Gasteiger partial charge in [-0.2, -0.15) is 0 Å². The lowest BCUT2D eigenvalue weighted by molar-refractivity contribution is 0.0927. The molecule has 0 saturated carbocycles. The van der Waals surface area contributed by atoms with Crippen molar-refractivity contribution in [3.05, 3.63) is 63.1 Å². The maximum Gasteiger partial charge on any atom is 0.253 e. The molecular formula is C18H19Cl2NO2. The van der Waals surface area contributed by atoms with Crippen molar-refractivity contribution in [3.8, 4) is 5.75 Å². The number of carbonyl (C=O) groups is 1. The maximum atomic E-state index is 12.2. The zero-order valence-electron chi connectivity index (χ0n) is 13.3. The van der Waals surface area contributed by atoms with Crippen LogP contribution in [0.5, 0.6) is 5.75 Å². The third-order valence-corrected chi connectivity index (χ3v) is 3.80. The molecule has 1 unspecified atom stereocenters. The predicted octanol–water partition coefficient (Wildman–Crippen LogP) is 4.81. The highest BCUT2D eigenvalue weighted by molar-refractivity contribution is 6.36. The van der Waals surface area contributed by atoms with Crippen LogP contribution < -0.4 is 10.1 Å². The summed E-state index contributed by atoms with van der Waals surface area (Å²) in [5.41, 5.74) is 2.68. The van der Waals surface area contributed by atoms with Crippen LogP contribution in [0.2, 0.25) is 10.0 Å². The largest absolute Gasteiger partial charge is 0.491 e. The molecule has 2 aromatic rings. The minimum absolute atomic E-state index is 0.157. The van der Waals surface area contributed by atoms with Crippen molar-refractivity contribution >= 4 is 29.1 Å². The minimum Gasteiger partial charge on any atom is -0.491 e. The molecule has 122 valence electrons. The molecule has 0 heterocycles. The number of hydrogen-bond donors (Lipinski definition) is 1. The quantitative estimate of drug-likeness (QED) is 0.839. The van der Waals surface area contributed by atoms with Crippen LogP contribution in [-0.4, -0.2) is 18.6 Å². The molecule has 0 radical (unpaired) electrons. The van der Waals surface area contributed by atoms with Gasteiger partial charge in [-0.25, -0.2) is 0 Å². The van der Waals surface area contributed by atoms with Gasteiger partial charge in [-0.15, -0.1) is 0 Å². The number of hydrogen-bond acceptors (Lipinski definition) is 2. The van der Waals surface area contributed by atoms with E-state index in [-0.39, 0.29) is 11.9 Å². The fraction of sp³-hybridized carbons (Fsp3) is 0.278. The van der Waals surface area contributed by atoms with Crippen molar-refractivity contribution in [1.82, 2.24) is 5.32 Å². The molecule has 5 heteroatoms. The van der Waals surface area contributed by atoms with Gasteiger partial charge < -0.3 is 10.1 Å². The standard InChI is InChI=1S/C18H19Cl2NO2/c1-11-6-12(2)8-15(7-11)23-10-13(3)21-18(22)16-5-4-14(19)9-17(16)20/h4-9,13H,10H2,1-3H3,(H,21,22). The molecule has 0 aromatic heterocycles. The van der Waals surface area contributed by atoms with Gasteiger partial charge in [0, 0.05) is 5.02 Å². The van der Waals surface area contributed by atoms with E-state index in [2.05, 4.69) is 11.4 Å². The highest BCUT2D eigenvalue weighted by Gasteiger charge is 2.14. The van der Waals surface area contributed by atoms with Crippen molar-refractivity contribution in [3.63, 3.8) is 0 Å². The minimum atomic E-state index is -0.247. The Morgan fingerprint density at radius 1 is 1.13 bits per heavy atom. The average Bonchev–Trinajstić information content (AvgIpc) is 2.44. The summed E-state index contributed by atoms with van der Waals surface area (Å²) in [4.78, 5) is 12.2. The fourth-order valence-electron chi connectivity index (χ4n) is 2.25. The fourth-order valence-corrected chi connectivity index (χ4v) is 2.75. The summed E-state index contributed by atoms with van der Waals surface area (Å²) in [5.74, 6) is 0.552. The summed E-state index contributed by atoms with van der Waals surface area (Å²) in [6, 6.07) is 10.7. The molecule has 0 fully saturated rings. The second-order valence-corrected chi connectivity index (χ2v) is 6.48. The summed E-state index contributed by atoms with van der Waals surface area (Å²) in [5, 5.41) is 3.69. The lowest BCUT2D eigenvalue weighted by Gasteiger charge is -2.16. The molecule has 0 aliphatic heterocycles. The van der Waals surface area contributed by atoms with Crippen molar-refractivity contribution < 1.29 is 9.53 Å². The van der Waals surface area contributed by atoms with Crippen LogP contribution >= 0.6 is 23.2 Å². The Balaban J connectivity index is 1.93. The number of halogens is 2. The Kier molecular flexibility index (Phi) is 5.91. The van der Waals surface area contributed by atoms with E-state index in [0.717, 1.165) is 16.9 Å². The molecule has 2 rings (SSSR count). The Morgan fingerprint density at radius 3 is 2.39 bits per heavy atom. The highest BCUT2D eigenvalue weighted by Crippen LogP contribution is 2.21. The molecule has 0 saturated heterocycles. The molecule has 23 heavy (non-hydrogen) atoms. The van der Waals surface area contributed by atoms with Gasteiger partial charge in [-0.05, 0) is 62.2 Å². The normalized spacial score (nSPS) is 11.9. The SMILES string of the molecule is Cc1cc(C)cc(OCC(C)NC(=O)c2ccc(Cl)cc2Cl)c1. The van der Waals surface area contributed by atoms with E-state index < -0.39 is 0 Å². The monoisotopic (exact) mass is 351 g/mol. The zero-order valence-corrected chi connectivity index (χ0v) is 14.8. The summed E-state index contributed by atoms with van der Waals surface area (Å²) < 4.78 is 5.75. The van der Waals surface area contributed by atoms with E-state index in [1.807, 2.05) is 32.9 Å². The van der Waals surface area contributed by atoms with Crippen LogP contribution in [0.25, 0.3) is 0 Å². The first-order valence-corrected chi connectivity index (χ1v) is 8.08. The number of ether oxygens (including phenoxy) is 1. The maximum absolute atomic E-state index is 12.2. The summed E-state index contributed by atoms with van der Waals surface area (Å²) in [7, 11) is 0. The second kappa shape index (κ2) is 7.71. The highest BCUT2D eigenvalue weighted by atomic mass is 35.5. The molecule has 0 spiro atoms. The first kappa shape index (κ1) is 17.6. The lowest BCUT2D eigenvalue weighted by Crippen LogP contribution is -2.36. The van der Waals surface area contributed by atoms with E-state index in [1.54, 1.807) is 18.2 Å². The van der Waals surface area contributed by atoms with Crippen LogP contribution in [0.4, 0.5) is 0 Å². The molecule has 2 aromatic carbocycles.